The number of nitrogens with zero attached hydrogens (tertiary/aromatic N) is 4. The Morgan fingerprint density at radius 3 is 2.06 bits per heavy atom. The number of aliphatic imine (C=N–C) groups is 2. The van der Waals surface area contributed by atoms with Crippen LogP contribution in [-0.4, -0.2) is 143 Å². The van der Waals surface area contributed by atoms with Crippen LogP contribution in [0.5, 0.6) is 0 Å². The van der Waals surface area contributed by atoms with Gasteiger partial charge in [-0.3, -0.25) is 9.89 Å². The molecule has 10 heteroatoms. The van der Waals surface area contributed by atoms with Crippen molar-refractivity contribution in [1.29, 1.82) is 0 Å². The topological polar surface area (TPSA) is 86.6 Å². The van der Waals surface area contributed by atoms with Gasteiger partial charge in [0.05, 0.1) is 46.2 Å². The molecule has 1 fully saturated rings. The van der Waals surface area contributed by atoms with Crippen molar-refractivity contribution in [2.24, 2.45) is 9.98 Å². The number of likely N-dealkylation sites (N-methyl/N-ethyl adjacent to an activating group) is 1. The first-order valence-electron chi connectivity index (χ1n) is 12.4. The molecule has 10 nitrogen and oxygen atoms in total. The molecule has 0 aromatic heterocycles. The zero-order valence-corrected chi connectivity index (χ0v) is 22.1. The molecule has 0 radical (unpaired) electrons. The Bertz CT molecular complexity index is 457. The van der Waals surface area contributed by atoms with Crippen molar-refractivity contribution in [2.45, 2.75) is 26.2 Å². The lowest BCUT2D eigenvalue weighted by Crippen LogP contribution is -2.32. The van der Waals surface area contributed by atoms with E-state index in [9.17, 15) is 0 Å². The summed E-state index contributed by atoms with van der Waals surface area (Å²) < 4.78 is 32.9. The van der Waals surface area contributed by atoms with Crippen LogP contribution in [0.15, 0.2) is 9.98 Å². The van der Waals surface area contributed by atoms with Crippen molar-refractivity contribution in [3.63, 3.8) is 0 Å². The van der Waals surface area contributed by atoms with Gasteiger partial charge in [0.1, 0.15) is 13.5 Å². The molecule has 1 aliphatic rings. The molecular formula is C24H50N4O6. The second-order valence-corrected chi connectivity index (χ2v) is 7.70. The lowest BCUT2D eigenvalue weighted by Gasteiger charge is -2.22. The van der Waals surface area contributed by atoms with Gasteiger partial charge in [-0.2, -0.15) is 0 Å². The van der Waals surface area contributed by atoms with Crippen LogP contribution < -0.4 is 0 Å². The summed E-state index contributed by atoms with van der Waals surface area (Å²) in [6, 6.07) is 0. The molecule has 0 aliphatic carbocycles. The molecule has 0 aromatic carbocycles. The molecular weight excluding hydrogens is 440 g/mol. The van der Waals surface area contributed by atoms with Gasteiger partial charge in [-0.15, -0.1) is 0 Å². The summed E-state index contributed by atoms with van der Waals surface area (Å²) in [5, 5.41) is 0. The normalized spacial score (nSPS) is 20.2. The Morgan fingerprint density at radius 1 is 0.824 bits per heavy atom. The molecule has 0 saturated carbocycles. The predicted molar refractivity (Wildman–Crippen MR) is 137 cm³/mol. The first kappa shape index (κ1) is 33.0. The molecule has 1 aliphatic heterocycles. The van der Waals surface area contributed by atoms with Crippen LogP contribution in [0.4, 0.5) is 0 Å². The fourth-order valence-corrected chi connectivity index (χ4v) is 2.83. The monoisotopic (exact) mass is 490 g/mol. The summed E-state index contributed by atoms with van der Waals surface area (Å²) in [4.78, 5) is 12.3. The summed E-state index contributed by atoms with van der Waals surface area (Å²) in [5.74, 6) is 0. The summed E-state index contributed by atoms with van der Waals surface area (Å²) in [6.45, 7) is 12.7. The van der Waals surface area contributed by atoms with E-state index in [1.165, 1.54) is 0 Å². The van der Waals surface area contributed by atoms with E-state index in [0.29, 0.717) is 46.5 Å². The zero-order chi connectivity index (χ0) is 25.0. The highest BCUT2D eigenvalue weighted by molar-refractivity contribution is 5.56. The standard InChI is InChI=1S/C19H39N3O5.C5H11NO/c1-3-20-18-27-19-22-7-5-11-24-15-14-23-10-4-6-21(2)8-12-25-16-17-26-13-9-22;1-6-4-3-5-7-2/h3H,4-19H2,1-2H3;4H,3,5H2,1-2H3. The third kappa shape index (κ3) is 25.6. The largest absolute Gasteiger partial charge is 0.384 e. The molecule has 0 unspecified atom stereocenters. The van der Waals surface area contributed by atoms with Crippen LogP contribution in [0.1, 0.15) is 26.2 Å². The molecule has 0 bridgehead atoms. The van der Waals surface area contributed by atoms with Crippen molar-refractivity contribution in [3.8, 4) is 0 Å². The average molecular weight is 491 g/mol. The van der Waals surface area contributed by atoms with Gasteiger partial charge in [0.2, 0.25) is 0 Å². The molecule has 0 aromatic rings. The van der Waals surface area contributed by atoms with Crippen molar-refractivity contribution < 1.29 is 28.4 Å². The highest BCUT2D eigenvalue weighted by Gasteiger charge is 2.06. The summed E-state index contributed by atoms with van der Waals surface area (Å²) in [6.07, 6.45) is 6.49. The van der Waals surface area contributed by atoms with Crippen molar-refractivity contribution >= 4 is 12.4 Å². The maximum Gasteiger partial charge on any atom is 0.138 e. The van der Waals surface area contributed by atoms with Crippen molar-refractivity contribution in [2.75, 3.05) is 120 Å². The third-order valence-corrected chi connectivity index (χ3v) is 4.76. The van der Waals surface area contributed by atoms with Gasteiger partial charge in [-0.1, -0.05) is 0 Å². The Balaban J connectivity index is 0.00000135. The lowest BCUT2D eigenvalue weighted by molar-refractivity contribution is -0.00635. The van der Waals surface area contributed by atoms with E-state index in [2.05, 4.69) is 26.8 Å². The van der Waals surface area contributed by atoms with Gasteiger partial charge < -0.3 is 38.3 Å². The number of methoxy groups -OCH3 is 1. The molecule has 0 atom stereocenters. The number of rotatable bonds is 7. The van der Waals surface area contributed by atoms with Crippen LogP contribution in [0.3, 0.4) is 0 Å². The maximum absolute atomic E-state index is 5.69. The van der Waals surface area contributed by atoms with E-state index in [-0.39, 0.29) is 0 Å². The number of ether oxygens (including phenoxy) is 6. The maximum atomic E-state index is 5.69. The van der Waals surface area contributed by atoms with E-state index in [4.69, 9.17) is 28.4 Å². The van der Waals surface area contributed by atoms with E-state index in [0.717, 1.165) is 71.9 Å². The van der Waals surface area contributed by atoms with E-state index in [1.807, 2.05) is 13.1 Å². The van der Waals surface area contributed by atoms with Gasteiger partial charge in [-0.25, -0.2) is 0 Å². The predicted octanol–water partition coefficient (Wildman–Crippen LogP) is 1.83. The van der Waals surface area contributed by atoms with Crippen molar-refractivity contribution in [1.82, 2.24) is 9.80 Å². The van der Waals surface area contributed by atoms with E-state index >= 15 is 0 Å². The molecule has 1 rings (SSSR count). The SMILES string of the molecule is CC=NCOCN1CCCOCCOCCCN(C)CCOCCOCC1.CN=CCCOC. The molecule has 0 N–H and O–H groups in total. The van der Waals surface area contributed by atoms with Crippen LogP contribution in [0.2, 0.25) is 0 Å². The van der Waals surface area contributed by atoms with Crippen LogP contribution >= 0.6 is 0 Å². The van der Waals surface area contributed by atoms with Gasteiger partial charge >= 0.3 is 0 Å². The Morgan fingerprint density at radius 2 is 1.44 bits per heavy atom. The minimum absolute atomic E-state index is 0.393. The third-order valence-electron chi connectivity index (χ3n) is 4.76. The van der Waals surface area contributed by atoms with Gasteiger partial charge in [0.25, 0.3) is 0 Å². The van der Waals surface area contributed by atoms with Crippen LogP contribution in [-0.2, 0) is 28.4 Å². The summed E-state index contributed by atoms with van der Waals surface area (Å²) >= 11 is 0. The lowest BCUT2D eigenvalue weighted by atomic mass is 10.4. The molecule has 1 saturated heterocycles. The zero-order valence-electron chi connectivity index (χ0n) is 22.1. The van der Waals surface area contributed by atoms with Gasteiger partial charge in [0, 0.05) is 66.2 Å². The Kier molecular flexibility index (Phi) is 27.4. The quantitative estimate of drug-likeness (QED) is 0.395. The molecule has 1 heterocycles. The van der Waals surface area contributed by atoms with Gasteiger partial charge in [-0.05, 0) is 33.0 Å². The summed E-state index contributed by atoms with van der Waals surface area (Å²) in [5.41, 5.74) is 0. The highest BCUT2D eigenvalue weighted by atomic mass is 16.5. The second kappa shape index (κ2) is 28.3. The van der Waals surface area contributed by atoms with Crippen molar-refractivity contribution in [3.05, 3.63) is 0 Å². The second-order valence-electron chi connectivity index (χ2n) is 7.70. The Hall–Kier alpha value is -0.980. The fraction of sp³-hybridized carbons (Fsp3) is 0.917. The minimum atomic E-state index is 0.393. The van der Waals surface area contributed by atoms with Gasteiger partial charge in [0.15, 0.2) is 0 Å². The minimum Gasteiger partial charge on any atom is -0.384 e. The fourth-order valence-electron chi connectivity index (χ4n) is 2.83. The number of hydrogen-bond donors (Lipinski definition) is 0. The first-order valence-corrected chi connectivity index (χ1v) is 12.4. The first-order chi connectivity index (χ1) is 16.7. The van der Waals surface area contributed by atoms with Crippen LogP contribution in [0.25, 0.3) is 0 Å². The average Bonchev–Trinajstić information content (AvgIpc) is 2.84. The van der Waals surface area contributed by atoms with E-state index < -0.39 is 0 Å². The molecule has 34 heavy (non-hydrogen) atoms. The molecule has 0 spiro atoms. The molecule has 202 valence electrons. The smallest absolute Gasteiger partial charge is 0.138 e. The Labute approximate surface area is 207 Å². The highest BCUT2D eigenvalue weighted by Crippen LogP contribution is 1.96. The van der Waals surface area contributed by atoms with E-state index in [1.54, 1.807) is 20.4 Å². The number of hydrogen-bond acceptors (Lipinski definition) is 10. The van der Waals surface area contributed by atoms with Crippen LogP contribution in [0, 0.1) is 0 Å². The molecule has 0 amide bonds. The summed E-state index contributed by atoms with van der Waals surface area (Å²) in [7, 11) is 5.55.